The van der Waals surface area contributed by atoms with E-state index in [-0.39, 0.29) is 5.82 Å². The summed E-state index contributed by atoms with van der Waals surface area (Å²) >= 11 is 1.56. The molecule has 1 aromatic heterocycles. The van der Waals surface area contributed by atoms with Gasteiger partial charge < -0.3 is 5.11 Å². The summed E-state index contributed by atoms with van der Waals surface area (Å²) in [5.41, 5.74) is 1.86. The van der Waals surface area contributed by atoms with E-state index in [0.29, 0.717) is 6.42 Å². The molecule has 0 saturated carbocycles. The van der Waals surface area contributed by atoms with Crippen LogP contribution < -0.4 is 0 Å². The lowest BCUT2D eigenvalue weighted by Crippen LogP contribution is -2.00. The van der Waals surface area contributed by atoms with Crippen molar-refractivity contribution in [1.29, 1.82) is 0 Å². The van der Waals surface area contributed by atoms with Gasteiger partial charge in [-0.25, -0.2) is 4.39 Å². The lowest BCUT2D eigenvalue weighted by Gasteiger charge is -2.08. The second-order valence-corrected chi connectivity index (χ2v) is 4.18. The van der Waals surface area contributed by atoms with Crippen LogP contribution in [0.2, 0.25) is 0 Å². The van der Waals surface area contributed by atoms with Crippen LogP contribution in [0.25, 0.3) is 0 Å². The molecule has 1 nitrogen and oxygen atoms in total. The minimum absolute atomic E-state index is 0.247. The number of hydrogen-bond acceptors (Lipinski definition) is 2. The first-order valence-corrected chi connectivity index (χ1v) is 5.64. The lowest BCUT2D eigenvalue weighted by atomic mass is 10.0. The summed E-state index contributed by atoms with van der Waals surface area (Å²) in [5, 5.41) is 13.7. The van der Waals surface area contributed by atoms with Crippen molar-refractivity contribution in [2.24, 2.45) is 0 Å². The molecule has 2 rings (SSSR count). The lowest BCUT2D eigenvalue weighted by molar-refractivity contribution is 0.179. The topological polar surface area (TPSA) is 20.2 Å². The Morgan fingerprint density at radius 1 is 1.20 bits per heavy atom. The van der Waals surface area contributed by atoms with Gasteiger partial charge in [0.05, 0.1) is 6.10 Å². The fourth-order valence-corrected chi connectivity index (χ4v) is 2.13. The molecule has 0 bridgehead atoms. The van der Waals surface area contributed by atoms with Crippen LogP contribution in [0.1, 0.15) is 17.2 Å². The molecule has 0 spiro atoms. The van der Waals surface area contributed by atoms with Crippen molar-refractivity contribution in [2.45, 2.75) is 12.5 Å². The third kappa shape index (κ3) is 2.64. The monoisotopic (exact) mass is 222 g/mol. The quantitative estimate of drug-likeness (QED) is 0.845. The van der Waals surface area contributed by atoms with E-state index in [0.717, 1.165) is 11.1 Å². The third-order valence-corrected chi connectivity index (χ3v) is 2.97. The van der Waals surface area contributed by atoms with E-state index >= 15 is 0 Å². The second kappa shape index (κ2) is 4.55. The summed E-state index contributed by atoms with van der Waals surface area (Å²) in [6.45, 7) is 0. The number of hydrogen-bond donors (Lipinski definition) is 1. The number of rotatable bonds is 3. The van der Waals surface area contributed by atoms with Crippen molar-refractivity contribution in [3.63, 3.8) is 0 Å². The Kier molecular flexibility index (Phi) is 3.14. The molecule has 0 aliphatic heterocycles. The van der Waals surface area contributed by atoms with Crippen LogP contribution in [-0.4, -0.2) is 5.11 Å². The van der Waals surface area contributed by atoms with E-state index in [1.807, 2.05) is 16.8 Å². The number of aliphatic hydroxyl groups excluding tert-OH is 1. The van der Waals surface area contributed by atoms with Crippen LogP contribution in [-0.2, 0) is 6.42 Å². The Balaban J connectivity index is 2.06. The van der Waals surface area contributed by atoms with Gasteiger partial charge in [0.2, 0.25) is 0 Å². The second-order valence-electron chi connectivity index (χ2n) is 3.40. The molecule has 3 heteroatoms. The molecule has 0 amide bonds. The normalized spacial score (nSPS) is 12.7. The smallest absolute Gasteiger partial charge is 0.123 e. The summed E-state index contributed by atoms with van der Waals surface area (Å²) in [6.07, 6.45) is 0.0264. The van der Waals surface area contributed by atoms with Gasteiger partial charge in [-0.2, -0.15) is 11.3 Å². The zero-order valence-electron chi connectivity index (χ0n) is 8.06. The van der Waals surface area contributed by atoms with Crippen molar-refractivity contribution >= 4 is 11.3 Å². The summed E-state index contributed by atoms with van der Waals surface area (Å²) < 4.78 is 12.6. The van der Waals surface area contributed by atoms with Crippen LogP contribution >= 0.6 is 11.3 Å². The fourth-order valence-electron chi connectivity index (χ4n) is 1.43. The molecular weight excluding hydrogens is 211 g/mol. The Labute approximate surface area is 91.8 Å². The van der Waals surface area contributed by atoms with Crippen molar-refractivity contribution in [1.82, 2.24) is 0 Å². The van der Waals surface area contributed by atoms with E-state index < -0.39 is 6.10 Å². The predicted octanol–water partition coefficient (Wildman–Crippen LogP) is 3.16. The maximum absolute atomic E-state index is 12.6. The maximum Gasteiger partial charge on any atom is 0.123 e. The molecule has 0 fully saturated rings. The third-order valence-electron chi connectivity index (χ3n) is 2.27. The molecule has 0 saturated heterocycles. The predicted molar refractivity (Wildman–Crippen MR) is 59.4 cm³/mol. The highest BCUT2D eigenvalue weighted by atomic mass is 32.1. The van der Waals surface area contributed by atoms with Gasteiger partial charge in [0, 0.05) is 6.42 Å². The zero-order chi connectivity index (χ0) is 10.7. The molecular formula is C12H11FOS. The summed E-state index contributed by atoms with van der Waals surface area (Å²) in [5.74, 6) is -0.247. The standard InChI is InChI=1S/C12H11FOS/c13-11-3-1-9(2-4-11)7-12(14)10-5-6-15-8-10/h1-6,8,12,14H,7H2. The van der Waals surface area contributed by atoms with E-state index in [9.17, 15) is 9.50 Å². The number of aliphatic hydroxyl groups is 1. The molecule has 1 unspecified atom stereocenters. The highest BCUT2D eigenvalue weighted by Gasteiger charge is 2.08. The molecule has 1 N–H and O–H groups in total. The highest BCUT2D eigenvalue weighted by Crippen LogP contribution is 2.20. The van der Waals surface area contributed by atoms with Crippen LogP contribution in [0.3, 0.4) is 0 Å². The molecule has 0 aliphatic carbocycles. The molecule has 15 heavy (non-hydrogen) atoms. The molecule has 0 aliphatic rings. The van der Waals surface area contributed by atoms with Gasteiger partial charge in [-0.05, 0) is 40.1 Å². The summed E-state index contributed by atoms with van der Waals surface area (Å²) in [7, 11) is 0. The van der Waals surface area contributed by atoms with Gasteiger partial charge in [0.1, 0.15) is 5.82 Å². The van der Waals surface area contributed by atoms with E-state index in [1.165, 1.54) is 12.1 Å². The van der Waals surface area contributed by atoms with Gasteiger partial charge >= 0.3 is 0 Å². The van der Waals surface area contributed by atoms with Crippen molar-refractivity contribution in [3.8, 4) is 0 Å². The van der Waals surface area contributed by atoms with Crippen LogP contribution in [0.5, 0.6) is 0 Å². The van der Waals surface area contributed by atoms with Crippen molar-refractivity contribution < 1.29 is 9.50 Å². The fraction of sp³-hybridized carbons (Fsp3) is 0.167. The Morgan fingerprint density at radius 2 is 1.93 bits per heavy atom. The van der Waals surface area contributed by atoms with Crippen molar-refractivity contribution in [2.75, 3.05) is 0 Å². The Bertz CT molecular complexity index is 408. The van der Waals surface area contributed by atoms with Crippen LogP contribution in [0.4, 0.5) is 4.39 Å². The number of halogens is 1. The molecule has 0 radical (unpaired) electrons. The number of thiophene rings is 1. The molecule has 1 aromatic carbocycles. The Morgan fingerprint density at radius 3 is 2.53 bits per heavy atom. The van der Waals surface area contributed by atoms with E-state index in [1.54, 1.807) is 23.5 Å². The molecule has 1 heterocycles. The highest BCUT2D eigenvalue weighted by molar-refractivity contribution is 7.07. The minimum Gasteiger partial charge on any atom is -0.388 e. The van der Waals surface area contributed by atoms with Crippen molar-refractivity contribution in [3.05, 3.63) is 58.0 Å². The van der Waals surface area contributed by atoms with Gasteiger partial charge in [-0.3, -0.25) is 0 Å². The van der Waals surface area contributed by atoms with Gasteiger partial charge in [-0.1, -0.05) is 12.1 Å². The SMILES string of the molecule is OC(Cc1ccc(F)cc1)c1ccsc1. The maximum atomic E-state index is 12.6. The zero-order valence-corrected chi connectivity index (χ0v) is 8.88. The van der Waals surface area contributed by atoms with E-state index in [4.69, 9.17) is 0 Å². The molecule has 78 valence electrons. The van der Waals surface area contributed by atoms with Crippen LogP contribution in [0, 0.1) is 5.82 Å². The Hall–Kier alpha value is -1.19. The molecule has 1 atom stereocenters. The van der Waals surface area contributed by atoms with E-state index in [2.05, 4.69) is 0 Å². The average Bonchev–Trinajstić information content (AvgIpc) is 2.74. The van der Waals surface area contributed by atoms with Crippen LogP contribution in [0.15, 0.2) is 41.1 Å². The van der Waals surface area contributed by atoms with Gasteiger partial charge in [0.25, 0.3) is 0 Å². The largest absolute Gasteiger partial charge is 0.388 e. The average molecular weight is 222 g/mol. The summed E-state index contributed by atoms with van der Waals surface area (Å²) in [4.78, 5) is 0. The van der Waals surface area contributed by atoms with Gasteiger partial charge in [-0.15, -0.1) is 0 Å². The summed E-state index contributed by atoms with van der Waals surface area (Å²) in [6, 6.07) is 8.13. The first-order valence-electron chi connectivity index (χ1n) is 4.70. The van der Waals surface area contributed by atoms with Gasteiger partial charge in [0.15, 0.2) is 0 Å². The molecule has 2 aromatic rings. The minimum atomic E-state index is -0.498. The first kappa shape index (κ1) is 10.3. The first-order chi connectivity index (χ1) is 7.25. The number of benzene rings is 1.